The number of sulfone groups is 1. The minimum atomic E-state index is -3.72. The van der Waals surface area contributed by atoms with Gasteiger partial charge in [-0.25, -0.2) is 8.42 Å². The molecule has 0 spiro atoms. The smallest absolute Gasteiger partial charge is 0.182 e. The second kappa shape index (κ2) is 7.68. The SMILES string of the molecule is CCOC[C@]1(C(N)=S)[C@H](c2cccc(Cl)c2)[C@@H]1S(=O)(=O)c1ccc(Cl)cc1. The van der Waals surface area contributed by atoms with E-state index in [0.717, 1.165) is 5.56 Å². The number of thiocarbonyl (C=S) groups is 1. The summed E-state index contributed by atoms with van der Waals surface area (Å²) in [5.41, 5.74) is 5.86. The lowest BCUT2D eigenvalue weighted by atomic mass is 10.00. The zero-order chi connectivity index (χ0) is 19.8. The second-order valence-electron chi connectivity index (χ2n) is 6.49. The van der Waals surface area contributed by atoms with Crippen LogP contribution in [0.2, 0.25) is 10.0 Å². The Balaban J connectivity index is 2.12. The number of benzene rings is 2. The lowest BCUT2D eigenvalue weighted by molar-refractivity contribution is 0.121. The van der Waals surface area contributed by atoms with Gasteiger partial charge in [0.25, 0.3) is 0 Å². The van der Waals surface area contributed by atoms with Gasteiger partial charge in [-0.05, 0) is 48.9 Å². The Morgan fingerprint density at radius 2 is 1.85 bits per heavy atom. The van der Waals surface area contributed by atoms with Crippen molar-refractivity contribution >= 4 is 50.2 Å². The van der Waals surface area contributed by atoms with Gasteiger partial charge >= 0.3 is 0 Å². The average molecular weight is 444 g/mol. The highest BCUT2D eigenvalue weighted by atomic mass is 35.5. The Hall–Kier alpha value is -1.18. The first kappa shape index (κ1) is 20.6. The Kier molecular flexibility index (Phi) is 5.85. The molecule has 2 N–H and O–H groups in total. The van der Waals surface area contributed by atoms with Gasteiger partial charge in [-0.2, -0.15) is 0 Å². The topological polar surface area (TPSA) is 69.4 Å². The van der Waals surface area contributed by atoms with Gasteiger partial charge in [0.15, 0.2) is 9.84 Å². The fourth-order valence-electron chi connectivity index (χ4n) is 3.61. The van der Waals surface area contributed by atoms with E-state index in [1.807, 2.05) is 13.0 Å². The number of ether oxygens (including phenoxy) is 1. The van der Waals surface area contributed by atoms with Gasteiger partial charge in [0.05, 0.1) is 27.2 Å². The minimum Gasteiger partial charge on any atom is -0.393 e. The fraction of sp³-hybridized carbons (Fsp3) is 0.316. The van der Waals surface area contributed by atoms with Gasteiger partial charge < -0.3 is 10.5 Å². The van der Waals surface area contributed by atoms with Crippen LogP contribution in [0.3, 0.4) is 0 Å². The van der Waals surface area contributed by atoms with E-state index >= 15 is 0 Å². The molecular weight excluding hydrogens is 425 g/mol. The molecule has 0 unspecified atom stereocenters. The maximum atomic E-state index is 13.4. The van der Waals surface area contributed by atoms with E-state index in [1.165, 1.54) is 12.1 Å². The van der Waals surface area contributed by atoms with E-state index in [4.69, 9.17) is 45.9 Å². The van der Waals surface area contributed by atoms with Crippen LogP contribution in [0.5, 0.6) is 0 Å². The summed E-state index contributed by atoms with van der Waals surface area (Å²) in [6.45, 7) is 2.40. The van der Waals surface area contributed by atoms with Crippen molar-refractivity contribution < 1.29 is 13.2 Å². The molecule has 0 radical (unpaired) electrons. The van der Waals surface area contributed by atoms with E-state index in [9.17, 15) is 8.42 Å². The zero-order valence-corrected chi connectivity index (χ0v) is 17.7. The molecule has 1 saturated carbocycles. The average Bonchev–Trinajstić information content (AvgIpc) is 3.32. The van der Waals surface area contributed by atoms with Crippen LogP contribution in [-0.2, 0) is 14.6 Å². The molecular formula is C19H19Cl2NO3S2. The lowest BCUT2D eigenvalue weighted by Crippen LogP contribution is -2.33. The van der Waals surface area contributed by atoms with Gasteiger partial charge in [0.2, 0.25) is 0 Å². The Labute approximate surface area is 174 Å². The van der Waals surface area contributed by atoms with Crippen LogP contribution in [0.25, 0.3) is 0 Å². The van der Waals surface area contributed by atoms with Crippen molar-refractivity contribution in [2.75, 3.05) is 13.2 Å². The monoisotopic (exact) mass is 443 g/mol. The van der Waals surface area contributed by atoms with E-state index in [1.54, 1.807) is 30.3 Å². The van der Waals surface area contributed by atoms with Crippen LogP contribution in [-0.4, -0.2) is 31.9 Å². The third-order valence-electron chi connectivity index (χ3n) is 4.94. The van der Waals surface area contributed by atoms with Gasteiger partial charge in [0.1, 0.15) is 0 Å². The van der Waals surface area contributed by atoms with Crippen molar-refractivity contribution in [3.63, 3.8) is 0 Å². The normalized spacial score (nSPS) is 24.6. The number of nitrogens with two attached hydrogens (primary N) is 1. The molecule has 1 aliphatic rings. The molecule has 4 nitrogen and oxygen atoms in total. The molecule has 0 aromatic heterocycles. The first-order valence-electron chi connectivity index (χ1n) is 8.37. The van der Waals surface area contributed by atoms with Crippen molar-refractivity contribution in [1.29, 1.82) is 0 Å². The van der Waals surface area contributed by atoms with Crippen molar-refractivity contribution in [2.24, 2.45) is 11.1 Å². The first-order valence-corrected chi connectivity index (χ1v) is 11.1. The molecule has 0 aliphatic heterocycles. The van der Waals surface area contributed by atoms with Gasteiger partial charge in [-0.3, -0.25) is 0 Å². The highest BCUT2D eigenvalue weighted by Gasteiger charge is 2.73. The van der Waals surface area contributed by atoms with Crippen LogP contribution in [0.1, 0.15) is 18.4 Å². The summed E-state index contributed by atoms with van der Waals surface area (Å²) in [4.78, 5) is 0.307. The van der Waals surface area contributed by atoms with Crippen LogP contribution in [0.15, 0.2) is 53.4 Å². The van der Waals surface area contributed by atoms with Crippen LogP contribution < -0.4 is 5.73 Å². The van der Waals surface area contributed by atoms with E-state index in [2.05, 4.69) is 0 Å². The summed E-state index contributed by atoms with van der Waals surface area (Å²) < 4.78 is 32.4. The lowest BCUT2D eigenvalue weighted by Gasteiger charge is -2.17. The summed E-state index contributed by atoms with van der Waals surface area (Å²) in [6, 6.07) is 13.2. The molecule has 2 aromatic rings. The molecule has 1 fully saturated rings. The predicted molar refractivity (Wildman–Crippen MR) is 112 cm³/mol. The fourth-order valence-corrected chi connectivity index (χ4v) is 6.71. The quantitative estimate of drug-likeness (QED) is 0.647. The molecule has 0 saturated heterocycles. The Morgan fingerprint density at radius 1 is 1.19 bits per heavy atom. The molecule has 3 atom stereocenters. The van der Waals surface area contributed by atoms with Crippen molar-refractivity contribution in [1.82, 2.24) is 0 Å². The first-order chi connectivity index (χ1) is 12.7. The molecule has 0 amide bonds. The van der Waals surface area contributed by atoms with Crippen molar-refractivity contribution in [3.8, 4) is 0 Å². The summed E-state index contributed by atoms with van der Waals surface area (Å²) in [6.07, 6.45) is 0. The Bertz CT molecular complexity index is 963. The molecule has 27 heavy (non-hydrogen) atoms. The van der Waals surface area contributed by atoms with Gasteiger partial charge in [0, 0.05) is 22.6 Å². The van der Waals surface area contributed by atoms with Crippen LogP contribution in [0, 0.1) is 5.41 Å². The minimum absolute atomic E-state index is 0.128. The highest BCUT2D eigenvalue weighted by molar-refractivity contribution is 7.92. The summed E-state index contributed by atoms with van der Waals surface area (Å²) in [5.74, 6) is -0.430. The van der Waals surface area contributed by atoms with E-state index in [0.29, 0.717) is 16.7 Å². The summed E-state index contributed by atoms with van der Waals surface area (Å²) >= 11 is 17.3. The maximum Gasteiger partial charge on any atom is 0.182 e. The zero-order valence-electron chi connectivity index (χ0n) is 14.6. The van der Waals surface area contributed by atoms with E-state index in [-0.39, 0.29) is 16.5 Å². The van der Waals surface area contributed by atoms with E-state index < -0.39 is 26.4 Å². The van der Waals surface area contributed by atoms with Crippen molar-refractivity contribution in [2.45, 2.75) is 23.0 Å². The Morgan fingerprint density at radius 3 is 2.41 bits per heavy atom. The third-order valence-corrected chi connectivity index (χ3v) is 8.10. The van der Waals surface area contributed by atoms with Gasteiger partial charge in [-0.1, -0.05) is 47.6 Å². The largest absolute Gasteiger partial charge is 0.393 e. The highest BCUT2D eigenvalue weighted by Crippen LogP contribution is 2.64. The molecule has 144 valence electrons. The van der Waals surface area contributed by atoms with Crippen molar-refractivity contribution in [3.05, 3.63) is 64.1 Å². The molecule has 0 bridgehead atoms. The van der Waals surface area contributed by atoms with Crippen LogP contribution in [0.4, 0.5) is 0 Å². The summed E-state index contributed by atoms with van der Waals surface area (Å²) in [5, 5.41) is 0.162. The number of rotatable bonds is 7. The molecule has 1 aliphatic carbocycles. The number of halogens is 2. The molecule has 3 rings (SSSR count). The standard InChI is InChI=1S/C19H19Cl2NO3S2/c1-2-25-11-19(18(22)26)16(12-4-3-5-14(21)10-12)17(19)27(23,24)15-8-6-13(20)7-9-15/h3-10,16-17H,2,11H2,1H3,(H2,22,26)/t16-,17+,19+/m1/s1. The summed E-state index contributed by atoms with van der Waals surface area (Å²) in [7, 11) is -3.72. The molecule has 0 heterocycles. The third kappa shape index (κ3) is 3.61. The van der Waals surface area contributed by atoms with Gasteiger partial charge in [-0.15, -0.1) is 0 Å². The number of hydrogen-bond acceptors (Lipinski definition) is 4. The predicted octanol–water partition coefficient (Wildman–Crippen LogP) is 4.24. The number of hydrogen-bond donors (Lipinski definition) is 1. The molecule has 8 heteroatoms. The van der Waals surface area contributed by atoms with Crippen LogP contribution >= 0.6 is 35.4 Å². The molecule has 2 aromatic carbocycles. The second-order valence-corrected chi connectivity index (χ2v) is 9.88. The maximum absolute atomic E-state index is 13.4.